The molecule has 0 spiro atoms. The van der Waals surface area contributed by atoms with Crippen LogP contribution >= 0.6 is 11.3 Å². The molecule has 3 heterocycles. The Morgan fingerprint density at radius 2 is 2.24 bits per heavy atom. The van der Waals surface area contributed by atoms with Gasteiger partial charge >= 0.3 is 0 Å². The highest BCUT2D eigenvalue weighted by Crippen LogP contribution is 2.30. The van der Waals surface area contributed by atoms with Crippen LogP contribution in [0.15, 0.2) is 11.4 Å². The molecule has 0 amide bonds. The molecule has 1 fully saturated rings. The predicted octanol–water partition coefficient (Wildman–Crippen LogP) is 1.45. The van der Waals surface area contributed by atoms with Crippen molar-refractivity contribution < 1.29 is 0 Å². The molecule has 3 rings (SSSR count). The minimum Gasteiger partial charge on any atom is -0.357 e. The van der Waals surface area contributed by atoms with E-state index in [1.807, 2.05) is 18.5 Å². The fraction of sp³-hybridized carbons (Fsp3) is 0.500. The molecule has 0 bridgehead atoms. The van der Waals surface area contributed by atoms with Crippen LogP contribution in [0.5, 0.6) is 0 Å². The van der Waals surface area contributed by atoms with E-state index in [1.165, 1.54) is 0 Å². The van der Waals surface area contributed by atoms with Crippen molar-refractivity contribution in [1.29, 1.82) is 5.26 Å². The van der Waals surface area contributed by atoms with Crippen LogP contribution in [-0.2, 0) is 0 Å². The Morgan fingerprint density at radius 1 is 1.43 bits per heavy atom. The largest absolute Gasteiger partial charge is 0.357 e. The summed E-state index contributed by atoms with van der Waals surface area (Å²) < 4.78 is 1.09. The summed E-state index contributed by atoms with van der Waals surface area (Å²) in [5.41, 5.74) is 0.988. The Balaban J connectivity index is 1.97. The van der Waals surface area contributed by atoms with Crippen molar-refractivity contribution in [3.05, 3.63) is 11.4 Å². The van der Waals surface area contributed by atoms with E-state index in [1.54, 1.807) is 11.3 Å². The van der Waals surface area contributed by atoms with Crippen LogP contribution in [0.2, 0.25) is 0 Å². The Hall–Kier alpha value is -1.91. The maximum atomic E-state index is 8.77. The number of hydrogen-bond acceptors (Lipinski definition) is 7. The lowest BCUT2D eigenvalue weighted by Crippen LogP contribution is -2.44. The van der Waals surface area contributed by atoms with Crippen molar-refractivity contribution in [1.82, 2.24) is 15.3 Å². The first-order chi connectivity index (χ1) is 10.3. The number of aromatic nitrogens is 2. The summed E-state index contributed by atoms with van der Waals surface area (Å²) >= 11 is 1.65. The molecule has 2 aromatic heterocycles. The molecule has 21 heavy (non-hydrogen) atoms. The molecule has 1 aliphatic heterocycles. The highest BCUT2D eigenvalue weighted by Gasteiger charge is 2.18. The van der Waals surface area contributed by atoms with Gasteiger partial charge in [-0.15, -0.1) is 11.3 Å². The summed E-state index contributed by atoms with van der Waals surface area (Å²) in [5.74, 6) is 1.72. The summed E-state index contributed by atoms with van der Waals surface area (Å²) in [4.78, 5) is 13.7. The normalized spacial score (nSPS) is 15.1. The summed E-state index contributed by atoms with van der Waals surface area (Å²) in [6.45, 7) is 4.46. The average molecular weight is 302 g/mol. The van der Waals surface area contributed by atoms with E-state index in [9.17, 15) is 0 Å². The van der Waals surface area contributed by atoms with Crippen LogP contribution in [0.3, 0.4) is 0 Å². The Labute approximate surface area is 128 Å². The lowest BCUT2D eigenvalue weighted by atomic mass is 10.3. The quantitative estimate of drug-likeness (QED) is 0.922. The molecule has 7 heteroatoms. The molecular formula is C14H18N6S. The highest BCUT2D eigenvalue weighted by molar-refractivity contribution is 7.17. The van der Waals surface area contributed by atoms with E-state index in [-0.39, 0.29) is 0 Å². The number of nitriles is 1. The number of nitrogens with one attached hydrogen (secondary N) is 1. The monoisotopic (exact) mass is 302 g/mol. The van der Waals surface area contributed by atoms with Gasteiger partial charge in [0.15, 0.2) is 5.82 Å². The molecular weight excluding hydrogens is 284 g/mol. The fourth-order valence-electron chi connectivity index (χ4n) is 2.42. The first kappa shape index (κ1) is 14.0. The smallest absolute Gasteiger partial charge is 0.228 e. The summed E-state index contributed by atoms with van der Waals surface area (Å²) in [6.07, 6.45) is 0.496. The van der Waals surface area contributed by atoms with E-state index in [4.69, 9.17) is 10.2 Å². The maximum absolute atomic E-state index is 8.77. The zero-order valence-electron chi connectivity index (χ0n) is 12.0. The second kappa shape index (κ2) is 6.24. The number of nitrogens with zero attached hydrogens (tertiary/aromatic N) is 5. The van der Waals surface area contributed by atoms with E-state index in [0.29, 0.717) is 13.0 Å². The van der Waals surface area contributed by atoms with Gasteiger partial charge in [-0.05, 0) is 11.4 Å². The minimum atomic E-state index is 0.496. The van der Waals surface area contributed by atoms with Crippen LogP contribution in [0, 0.1) is 11.3 Å². The molecule has 0 atom stereocenters. The van der Waals surface area contributed by atoms with E-state index >= 15 is 0 Å². The molecule has 1 saturated heterocycles. The van der Waals surface area contributed by atoms with E-state index < -0.39 is 0 Å². The third-order valence-electron chi connectivity index (χ3n) is 3.59. The Bertz CT molecular complexity index is 655. The van der Waals surface area contributed by atoms with Crippen molar-refractivity contribution in [2.24, 2.45) is 0 Å². The molecule has 6 nitrogen and oxygen atoms in total. The summed E-state index contributed by atoms with van der Waals surface area (Å²) in [7, 11) is 1.99. The van der Waals surface area contributed by atoms with Crippen LogP contribution in [0.4, 0.5) is 11.8 Å². The maximum Gasteiger partial charge on any atom is 0.228 e. The van der Waals surface area contributed by atoms with Gasteiger partial charge in [0.1, 0.15) is 0 Å². The molecule has 110 valence electrons. The molecule has 1 N–H and O–H groups in total. The van der Waals surface area contributed by atoms with Crippen molar-refractivity contribution in [3.8, 4) is 6.07 Å². The van der Waals surface area contributed by atoms with Crippen molar-refractivity contribution >= 4 is 33.3 Å². The zero-order valence-corrected chi connectivity index (χ0v) is 12.9. The molecule has 1 aliphatic rings. The Kier molecular flexibility index (Phi) is 4.18. The van der Waals surface area contributed by atoms with Crippen LogP contribution in [0.25, 0.3) is 10.2 Å². The topological polar surface area (TPSA) is 68.1 Å². The SMILES string of the molecule is CN(CCC#N)c1nc(N2CCNCC2)nc2ccsc12. The van der Waals surface area contributed by atoms with Gasteiger partial charge in [-0.1, -0.05) is 0 Å². The van der Waals surface area contributed by atoms with Gasteiger partial charge in [-0.25, -0.2) is 4.98 Å². The number of anilines is 2. The van der Waals surface area contributed by atoms with Gasteiger partial charge in [0, 0.05) is 39.8 Å². The van der Waals surface area contributed by atoms with Gasteiger partial charge in [-0.3, -0.25) is 0 Å². The average Bonchev–Trinajstić information content (AvgIpc) is 3.01. The van der Waals surface area contributed by atoms with Crippen molar-refractivity contribution in [2.45, 2.75) is 6.42 Å². The van der Waals surface area contributed by atoms with Gasteiger partial charge in [0.05, 0.1) is 22.7 Å². The van der Waals surface area contributed by atoms with Crippen LogP contribution in [0.1, 0.15) is 6.42 Å². The van der Waals surface area contributed by atoms with Gasteiger partial charge in [0.2, 0.25) is 5.95 Å². The van der Waals surface area contributed by atoms with Gasteiger partial charge < -0.3 is 15.1 Å². The van der Waals surface area contributed by atoms with Gasteiger partial charge in [0.25, 0.3) is 0 Å². The lowest BCUT2D eigenvalue weighted by molar-refractivity contribution is 0.580. The number of rotatable bonds is 4. The van der Waals surface area contributed by atoms with E-state index in [2.05, 4.69) is 26.2 Å². The number of fused-ring (bicyclic) bond motifs is 1. The second-order valence-electron chi connectivity index (χ2n) is 5.05. The Morgan fingerprint density at radius 3 is 3.00 bits per heavy atom. The molecule has 0 aliphatic carbocycles. The molecule has 0 radical (unpaired) electrons. The third kappa shape index (κ3) is 2.91. The minimum absolute atomic E-state index is 0.496. The number of thiophene rings is 1. The summed E-state index contributed by atoms with van der Waals surface area (Å²) in [6, 6.07) is 4.22. The first-order valence-corrected chi connectivity index (χ1v) is 7.96. The first-order valence-electron chi connectivity index (χ1n) is 7.08. The number of hydrogen-bond donors (Lipinski definition) is 1. The van der Waals surface area contributed by atoms with Crippen molar-refractivity contribution in [2.75, 3.05) is 49.6 Å². The zero-order chi connectivity index (χ0) is 14.7. The predicted molar refractivity (Wildman–Crippen MR) is 86.0 cm³/mol. The second-order valence-corrected chi connectivity index (χ2v) is 5.97. The molecule has 0 aromatic carbocycles. The van der Waals surface area contributed by atoms with E-state index in [0.717, 1.165) is 48.2 Å². The van der Waals surface area contributed by atoms with Crippen LogP contribution < -0.4 is 15.1 Å². The number of piperazine rings is 1. The molecule has 2 aromatic rings. The third-order valence-corrected chi connectivity index (χ3v) is 4.49. The summed E-state index contributed by atoms with van der Waals surface area (Å²) in [5, 5.41) is 14.2. The standard InChI is InChI=1S/C14H18N6S/c1-19(7-2-4-15)13-12-11(3-10-21-12)17-14(18-13)20-8-5-16-6-9-20/h3,10,16H,2,5-9H2,1H3. The highest BCUT2D eigenvalue weighted by atomic mass is 32.1. The lowest BCUT2D eigenvalue weighted by Gasteiger charge is -2.28. The van der Waals surface area contributed by atoms with Gasteiger partial charge in [-0.2, -0.15) is 10.2 Å². The van der Waals surface area contributed by atoms with Crippen LogP contribution in [-0.4, -0.2) is 49.7 Å². The molecule has 0 saturated carbocycles. The van der Waals surface area contributed by atoms with Crippen molar-refractivity contribution in [3.63, 3.8) is 0 Å². The molecule has 0 unspecified atom stereocenters. The fourth-order valence-corrected chi connectivity index (χ4v) is 3.30.